The number of carbonyl (C=O) groups is 2. The van der Waals surface area contributed by atoms with Crippen molar-refractivity contribution in [3.63, 3.8) is 0 Å². The van der Waals surface area contributed by atoms with Crippen molar-refractivity contribution >= 4 is 11.9 Å². The number of fused-ring (bicyclic) bond motifs is 7. The quantitative estimate of drug-likeness (QED) is 0.0128. The highest BCUT2D eigenvalue weighted by Crippen LogP contribution is 2.76. The highest BCUT2D eigenvalue weighted by Gasteiger charge is 2.74. The molecule has 7 heterocycles. The minimum absolute atomic E-state index is 0.0220. The van der Waals surface area contributed by atoms with E-state index >= 15 is 4.79 Å². The zero-order valence-corrected chi connectivity index (χ0v) is 73.4. The largest absolute Gasteiger partial charge is 0.455 e. The molecule has 7 saturated heterocycles. The molecule has 728 valence electrons. The first-order valence-electron chi connectivity index (χ1n) is 45.3. The second-order valence-electron chi connectivity index (χ2n) is 39.8. The number of carbonyl (C=O) groups excluding carboxylic acids is 2. The van der Waals surface area contributed by atoms with Gasteiger partial charge in [-0.2, -0.15) is 0 Å². The van der Waals surface area contributed by atoms with Crippen molar-refractivity contribution in [3.8, 4) is 0 Å². The summed E-state index contributed by atoms with van der Waals surface area (Å²) in [5.74, 6) is -3.79. The molecule has 4 saturated carbocycles. The van der Waals surface area contributed by atoms with Crippen molar-refractivity contribution < 1.29 is 198 Å². The normalized spacial score (nSPS) is 49.6. The van der Waals surface area contributed by atoms with Crippen LogP contribution in [0.4, 0.5) is 0 Å². The van der Waals surface area contributed by atoms with Gasteiger partial charge in [0.05, 0.1) is 75.8 Å². The van der Waals surface area contributed by atoms with Crippen LogP contribution in [0.15, 0.2) is 11.6 Å². The van der Waals surface area contributed by atoms with Crippen LogP contribution in [-0.4, -0.2) is 402 Å². The molecule has 0 bridgehead atoms. The van der Waals surface area contributed by atoms with E-state index in [1.165, 1.54) is 13.8 Å². The lowest BCUT2D eigenvalue weighted by Gasteiger charge is -2.72. The van der Waals surface area contributed by atoms with Gasteiger partial charge >= 0.3 is 11.9 Å². The molecule has 40 heteroatoms. The van der Waals surface area contributed by atoms with Crippen molar-refractivity contribution in [2.24, 2.45) is 50.2 Å². The number of rotatable bonds is 33. The Labute approximate surface area is 732 Å². The van der Waals surface area contributed by atoms with Crippen LogP contribution in [0, 0.1) is 50.2 Å². The minimum atomic E-state index is -2.19. The zero-order chi connectivity index (χ0) is 92.1. The third-order valence-electron chi connectivity index (χ3n) is 30.9. The Bertz CT molecular complexity index is 3520. The summed E-state index contributed by atoms with van der Waals surface area (Å²) in [5.41, 5.74) is -5.26. The molecule has 40 nitrogen and oxygen atoms in total. The van der Waals surface area contributed by atoms with E-state index < -0.39 is 323 Å². The van der Waals surface area contributed by atoms with Gasteiger partial charge in [-0.1, -0.05) is 105 Å². The summed E-state index contributed by atoms with van der Waals surface area (Å²) in [4.78, 5) is 31.0. The van der Waals surface area contributed by atoms with Gasteiger partial charge in [0.25, 0.3) is 0 Å². The Balaban J connectivity index is 0.772. The van der Waals surface area contributed by atoms with E-state index in [1.54, 1.807) is 13.8 Å². The summed E-state index contributed by atoms with van der Waals surface area (Å²) in [6.07, 6.45) is -51.8. The van der Waals surface area contributed by atoms with Crippen molar-refractivity contribution in [2.45, 2.75) is 424 Å². The van der Waals surface area contributed by atoms with E-state index in [-0.39, 0.29) is 38.2 Å². The van der Waals surface area contributed by atoms with E-state index in [2.05, 4.69) is 26.8 Å². The standard InChI is InChI=1S/C86H144O40/c1-37-52(95)57(100)63(106)74(116-37)112-28-18-14-10-11-15-19-40(89)20-16-12-13-17-21-43(90)72(110)121-68-39(3)118-79(70(69(68)123-77-64(107)58(101)55(98)47(32-87)119-77)124-76-66(109)60(103)67(38(2)117-76)122-75-62(105)54(97)46(93)34-114-75)126-80(111)86-27-26-81(4,5)29-42(86)41-22-23-50-82(6)30-44(91)71(83(7,36-88)49(82)24-25-84(50,8)85(41,9)31-51(86)94)125-78-65(108)59(102)56(99)48(120-78)35-115-73-61(104)53(96)45(92)33-113-73/h22,37-40,42-71,73-79,87-109H,10-21,23-36H2,1-9H3/t37-,38-,39+,40?,42-,43?,44-,45-,46+,47+,48+,49+,50+,51+,52-,53-,54-,55+,56+,57+,58-,59-,60-,61+,62+,63+,64+,65+,66+,67-,68-,69-,70+,71-,73-,74+,75-,76-,77-,78-,79-,82-,83-,84+,85+,86+/m0/s1. The van der Waals surface area contributed by atoms with Crippen LogP contribution < -0.4 is 0 Å². The lowest BCUT2D eigenvalue weighted by atomic mass is 9.33. The molecular formula is C86H144O40. The third kappa shape index (κ3) is 20.4. The molecule has 12 aliphatic rings. The molecule has 0 aromatic rings. The van der Waals surface area contributed by atoms with Gasteiger partial charge in [0, 0.05) is 12.0 Å². The van der Waals surface area contributed by atoms with Crippen LogP contribution in [0.25, 0.3) is 0 Å². The van der Waals surface area contributed by atoms with Gasteiger partial charge in [-0.25, -0.2) is 4.79 Å². The number of unbranched alkanes of at least 4 members (excludes halogenated alkanes) is 7. The maximum absolute atomic E-state index is 16.5. The number of hydrogen-bond donors (Lipinski definition) is 23. The van der Waals surface area contributed by atoms with E-state index in [0.717, 1.165) is 31.3 Å². The maximum Gasteiger partial charge on any atom is 0.335 e. The van der Waals surface area contributed by atoms with Crippen LogP contribution in [0.2, 0.25) is 0 Å². The summed E-state index contributed by atoms with van der Waals surface area (Å²) < 4.78 is 91.0. The van der Waals surface area contributed by atoms with Crippen LogP contribution >= 0.6 is 0 Å². The lowest BCUT2D eigenvalue weighted by molar-refractivity contribution is -0.392. The SMILES string of the molecule is C[C@@H]1O[C@@H](OCCCCCCCC(O)CCCCCCC(O)C(=O)O[C@@H]2[C@H](O[C@@H]3O[C@H](CO)[C@@H](O)[C@H](O)[C@H]3O)[C@@H](O[C@@H]3O[C@@H](C)[C@H](O[C@@H]4OC[C@@H](O)[C@H](O)[C@H]4O)[C@@H](O)[C@H]3O)[C@H](OC(=O)[C@]34CCC(C)(C)C[C@H]3C3=CC[C@@H]5[C@@]6(C)C[C@H](O)[C@H](O[C@@H]7O[C@H](CO[C@@H]8OC[C@H](O)[C@H](O)[C@H]8O)[C@@H](O)[C@H](O)[C@H]7O)[C@@](C)(CO)[C@@H]6CC[C@@]5(C)[C@]3(C)C[C@H]4O)O[C@@H]2C)[C@H](O)[C@H](O)[C@H]1O. The van der Waals surface area contributed by atoms with Crippen LogP contribution in [0.5, 0.6) is 0 Å². The number of ether oxygens (including phenoxy) is 15. The predicted molar refractivity (Wildman–Crippen MR) is 427 cm³/mol. The van der Waals surface area contributed by atoms with Crippen molar-refractivity contribution in [1.82, 2.24) is 0 Å². The fraction of sp³-hybridized carbons (Fsp3) is 0.953. The average molecular weight is 1820 g/mol. The second-order valence-corrected chi connectivity index (χ2v) is 39.8. The van der Waals surface area contributed by atoms with Crippen LogP contribution in [-0.2, 0) is 80.6 Å². The third-order valence-corrected chi connectivity index (χ3v) is 30.9. The Hall–Kier alpha value is -2.76. The molecule has 46 atom stereocenters. The Morgan fingerprint density at radius 3 is 1.61 bits per heavy atom. The van der Waals surface area contributed by atoms with E-state index in [4.69, 9.17) is 71.1 Å². The molecule has 126 heavy (non-hydrogen) atoms. The van der Waals surface area contributed by atoms with Crippen LogP contribution in [0.3, 0.4) is 0 Å². The highest BCUT2D eigenvalue weighted by atomic mass is 16.8. The first-order chi connectivity index (χ1) is 59.3. The minimum Gasteiger partial charge on any atom is -0.455 e. The van der Waals surface area contributed by atoms with Gasteiger partial charge in [0.15, 0.2) is 56.1 Å². The fourth-order valence-corrected chi connectivity index (χ4v) is 23.0. The lowest BCUT2D eigenvalue weighted by Crippen LogP contribution is -2.71. The molecule has 0 spiro atoms. The monoisotopic (exact) mass is 1820 g/mol. The molecular weight excluding hydrogens is 1670 g/mol. The Morgan fingerprint density at radius 1 is 0.452 bits per heavy atom. The van der Waals surface area contributed by atoms with E-state index in [1.807, 2.05) is 13.8 Å². The number of hydrogen-bond acceptors (Lipinski definition) is 40. The zero-order valence-electron chi connectivity index (χ0n) is 73.4. The molecule has 11 fully saturated rings. The molecule has 23 N–H and O–H groups in total. The van der Waals surface area contributed by atoms with Gasteiger partial charge in [0.1, 0.15) is 134 Å². The number of aliphatic hydroxyl groups is 23. The smallest absolute Gasteiger partial charge is 0.335 e. The van der Waals surface area contributed by atoms with Crippen molar-refractivity contribution in [3.05, 3.63) is 11.6 Å². The molecule has 2 unspecified atom stereocenters. The molecule has 7 aliphatic heterocycles. The molecule has 0 amide bonds. The molecule has 0 aromatic carbocycles. The van der Waals surface area contributed by atoms with Crippen LogP contribution in [0.1, 0.15) is 191 Å². The number of allylic oxidation sites excluding steroid dienone is 2. The van der Waals surface area contributed by atoms with Gasteiger partial charge in [0.2, 0.25) is 6.29 Å². The fourth-order valence-electron chi connectivity index (χ4n) is 23.0. The number of aliphatic hydroxyl groups excluding tert-OH is 23. The Kier molecular flexibility index (Phi) is 33.9. The van der Waals surface area contributed by atoms with Crippen molar-refractivity contribution in [2.75, 3.05) is 39.6 Å². The van der Waals surface area contributed by atoms with E-state index in [9.17, 15) is 122 Å². The summed E-state index contributed by atoms with van der Waals surface area (Å²) in [6, 6.07) is 0. The van der Waals surface area contributed by atoms with Gasteiger partial charge in [-0.15, -0.1) is 0 Å². The molecule has 12 rings (SSSR count). The molecule has 0 radical (unpaired) electrons. The second kappa shape index (κ2) is 41.8. The van der Waals surface area contributed by atoms with Gasteiger partial charge in [-0.3, -0.25) is 4.79 Å². The van der Waals surface area contributed by atoms with Crippen molar-refractivity contribution in [1.29, 1.82) is 0 Å². The highest BCUT2D eigenvalue weighted by molar-refractivity contribution is 5.80. The summed E-state index contributed by atoms with van der Waals surface area (Å²) in [6.45, 7) is 13.8. The topological polar surface area (TPSA) is 638 Å². The van der Waals surface area contributed by atoms with Gasteiger partial charge in [-0.05, 0) is 137 Å². The Morgan fingerprint density at radius 2 is 0.968 bits per heavy atom. The summed E-state index contributed by atoms with van der Waals surface area (Å²) in [7, 11) is 0. The first-order valence-corrected chi connectivity index (χ1v) is 45.3. The maximum atomic E-state index is 16.5. The predicted octanol–water partition coefficient (Wildman–Crippen LogP) is -4.34. The molecule has 0 aromatic heterocycles. The average Bonchev–Trinajstić information content (AvgIpc) is 0.667. The van der Waals surface area contributed by atoms with Gasteiger partial charge < -0.3 is 189 Å². The first kappa shape index (κ1) is 102. The number of esters is 2. The summed E-state index contributed by atoms with van der Waals surface area (Å²) >= 11 is 0. The molecule has 5 aliphatic carbocycles. The summed E-state index contributed by atoms with van der Waals surface area (Å²) in [5, 5.41) is 256. The van der Waals surface area contributed by atoms with E-state index in [0.29, 0.717) is 77.0 Å².